The molecule has 0 aliphatic carbocycles. The van der Waals surface area contributed by atoms with Gasteiger partial charge < -0.3 is 10.0 Å². The van der Waals surface area contributed by atoms with E-state index in [0.29, 0.717) is 12.1 Å². The molecule has 0 heterocycles. The normalized spacial score (nSPS) is 12.2. The Morgan fingerprint density at radius 1 is 1.53 bits per heavy atom. The topological polar surface area (TPSA) is 40.5 Å². The minimum atomic E-state index is -0.167. The van der Waals surface area contributed by atoms with E-state index in [2.05, 4.69) is 15.9 Å². The number of rotatable bonds is 3. The molecule has 15 heavy (non-hydrogen) atoms. The number of hydrogen-bond acceptors (Lipinski definition) is 2. The fraction of sp³-hybridized carbons (Fsp3) is 0.364. The Balaban J connectivity index is 2.81. The average molecular weight is 272 g/mol. The van der Waals surface area contributed by atoms with E-state index < -0.39 is 0 Å². The lowest BCUT2D eigenvalue weighted by atomic mass is 10.2. The highest BCUT2D eigenvalue weighted by molar-refractivity contribution is 9.09. The van der Waals surface area contributed by atoms with Crippen LogP contribution in [0.25, 0.3) is 0 Å². The number of carbonyl (C=O) groups is 1. The first-order valence-corrected chi connectivity index (χ1v) is 5.61. The van der Waals surface area contributed by atoms with Crippen molar-refractivity contribution in [3.8, 4) is 5.75 Å². The number of benzene rings is 1. The molecular weight excluding hydrogens is 258 g/mol. The van der Waals surface area contributed by atoms with Gasteiger partial charge in [-0.2, -0.15) is 0 Å². The molecule has 0 fully saturated rings. The van der Waals surface area contributed by atoms with E-state index in [4.69, 9.17) is 0 Å². The molecule has 1 aromatic carbocycles. The van der Waals surface area contributed by atoms with Crippen LogP contribution < -0.4 is 0 Å². The summed E-state index contributed by atoms with van der Waals surface area (Å²) in [5.41, 5.74) is 0.341. The molecule has 1 atom stereocenters. The second kappa shape index (κ2) is 5.16. The Kier molecular flexibility index (Phi) is 4.15. The minimum absolute atomic E-state index is 0.0246. The van der Waals surface area contributed by atoms with Crippen LogP contribution in [0, 0.1) is 0 Å². The van der Waals surface area contributed by atoms with E-state index >= 15 is 0 Å². The van der Waals surface area contributed by atoms with Crippen LogP contribution in [0.4, 0.5) is 0 Å². The lowest BCUT2D eigenvalue weighted by Gasteiger charge is -2.18. The van der Waals surface area contributed by atoms with Crippen LogP contribution in [0.3, 0.4) is 0 Å². The number of para-hydroxylation sites is 1. The predicted molar refractivity (Wildman–Crippen MR) is 63.5 cm³/mol. The third-order valence-corrected chi connectivity index (χ3v) is 2.30. The van der Waals surface area contributed by atoms with Gasteiger partial charge in [-0.3, -0.25) is 4.79 Å². The maximum Gasteiger partial charge on any atom is 0.257 e. The molecule has 1 aromatic rings. The third-order valence-electron chi connectivity index (χ3n) is 2.01. The predicted octanol–water partition coefficient (Wildman–Crippen LogP) is 2.25. The van der Waals surface area contributed by atoms with Crippen molar-refractivity contribution in [2.45, 2.75) is 11.8 Å². The smallest absolute Gasteiger partial charge is 0.257 e. The number of phenols is 1. The Hall–Kier alpha value is -1.03. The van der Waals surface area contributed by atoms with Gasteiger partial charge in [-0.15, -0.1) is 0 Å². The van der Waals surface area contributed by atoms with Crippen LogP contribution in [-0.2, 0) is 0 Å². The van der Waals surface area contributed by atoms with Crippen LogP contribution in [0.15, 0.2) is 24.3 Å². The molecule has 0 bridgehead atoms. The van der Waals surface area contributed by atoms with E-state index in [0.717, 1.165) is 0 Å². The molecule has 0 saturated heterocycles. The van der Waals surface area contributed by atoms with Gasteiger partial charge in [0.1, 0.15) is 5.75 Å². The summed E-state index contributed by atoms with van der Waals surface area (Å²) in [7, 11) is 1.71. The van der Waals surface area contributed by atoms with Gasteiger partial charge in [0.2, 0.25) is 0 Å². The first kappa shape index (κ1) is 12.0. The number of halogens is 1. The van der Waals surface area contributed by atoms with Gasteiger partial charge in [-0.1, -0.05) is 35.0 Å². The van der Waals surface area contributed by atoms with Crippen molar-refractivity contribution >= 4 is 21.8 Å². The lowest BCUT2D eigenvalue weighted by molar-refractivity contribution is 0.0794. The van der Waals surface area contributed by atoms with Crippen LogP contribution in [0.5, 0.6) is 5.75 Å². The summed E-state index contributed by atoms with van der Waals surface area (Å²) < 4.78 is 0. The van der Waals surface area contributed by atoms with Gasteiger partial charge in [-0.25, -0.2) is 0 Å². The SMILES string of the molecule is CC(Br)CN(C)C(=O)c1ccccc1O. The highest BCUT2D eigenvalue weighted by Crippen LogP contribution is 2.17. The Morgan fingerprint density at radius 3 is 2.67 bits per heavy atom. The van der Waals surface area contributed by atoms with E-state index in [9.17, 15) is 9.90 Å². The molecule has 0 aromatic heterocycles. The number of phenolic OH excluding ortho intramolecular Hbond substituents is 1. The summed E-state index contributed by atoms with van der Waals surface area (Å²) in [6.07, 6.45) is 0. The van der Waals surface area contributed by atoms with Gasteiger partial charge >= 0.3 is 0 Å². The second-order valence-corrected chi connectivity index (χ2v) is 5.05. The molecule has 0 aliphatic heterocycles. The summed E-state index contributed by atoms with van der Waals surface area (Å²) in [6, 6.07) is 6.56. The number of nitrogens with zero attached hydrogens (tertiary/aromatic N) is 1. The molecule has 0 radical (unpaired) electrons. The fourth-order valence-corrected chi connectivity index (χ4v) is 1.75. The number of alkyl halides is 1. The zero-order valence-electron chi connectivity index (χ0n) is 8.77. The fourth-order valence-electron chi connectivity index (χ4n) is 1.32. The first-order valence-electron chi connectivity index (χ1n) is 4.70. The standard InChI is InChI=1S/C11H14BrNO2/c1-8(12)7-13(2)11(15)9-5-3-4-6-10(9)14/h3-6,8,14H,7H2,1-2H3. The van der Waals surface area contributed by atoms with Crippen molar-refractivity contribution in [3.63, 3.8) is 0 Å². The van der Waals surface area contributed by atoms with Crippen molar-refractivity contribution < 1.29 is 9.90 Å². The highest BCUT2D eigenvalue weighted by Gasteiger charge is 2.15. The Morgan fingerprint density at radius 2 is 2.13 bits per heavy atom. The first-order chi connectivity index (χ1) is 7.02. The molecule has 1 rings (SSSR count). The van der Waals surface area contributed by atoms with Crippen molar-refractivity contribution in [3.05, 3.63) is 29.8 Å². The zero-order valence-corrected chi connectivity index (χ0v) is 10.4. The van der Waals surface area contributed by atoms with Crippen LogP contribution in [0.2, 0.25) is 0 Å². The van der Waals surface area contributed by atoms with Crippen LogP contribution >= 0.6 is 15.9 Å². The molecule has 0 aliphatic rings. The van der Waals surface area contributed by atoms with Gasteiger partial charge in [0.15, 0.2) is 0 Å². The minimum Gasteiger partial charge on any atom is -0.507 e. The maximum absolute atomic E-state index is 11.8. The van der Waals surface area contributed by atoms with Crippen LogP contribution in [0.1, 0.15) is 17.3 Å². The molecule has 3 nitrogen and oxygen atoms in total. The monoisotopic (exact) mass is 271 g/mol. The molecule has 1 amide bonds. The van der Waals surface area contributed by atoms with Crippen molar-refractivity contribution in [2.75, 3.05) is 13.6 Å². The Bertz CT molecular complexity index is 352. The largest absolute Gasteiger partial charge is 0.507 e. The summed E-state index contributed by atoms with van der Waals surface area (Å²) in [4.78, 5) is 13.7. The Labute approximate surface area is 97.8 Å². The number of carbonyl (C=O) groups excluding carboxylic acids is 1. The highest BCUT2D eigenvalue weighted by atomic mass is 79.9. The van der Waals surface area contributed by atoms with E-state index in [1.54, 1.807) is 30.1 Å². The average Bonchev–Trinajstić information content (AvgIpc) is 2.16. The maximum atomic E-state index is 11.8. The lowest BCUT2D eigenvalue weighted by Crippen LogP contribution is -2.31. The summed E-state index contributed by atoms with van der Waals surface area (Å²) >= 11 is 3.38. The molecule has 1 unspecified atom stereocenters. The van der Waals surface area contributed by atoms with E-state index in [1.165, 1.54) is 6.07 Å². The van der Waals surface area contributed by atoms with E-state index in [1.807, 2.05) is 6.92 Å². The molecule has 0 saturated carbocycles. The van der Waals surface area contributed by atoms with Crippen molar-refractivity contribution in [1.29, 1.82) is 0 Å². The van der Waals surface area contributed by atoms with Gasteiger partial charge in [0.05, 0.1) is 5.56 Å². The molecule has 1 N–H and O–H groups in total. The summed E-state index contributed by atoms with van der Waals surface area (Å²) in [6.45, 7) is 2.57. The summed E-state index contributed by atoms with van der Waals surface area (Å²) in [5, 5.41) is 9.50. The second-order valence-electron chi connectivity index (χ2n) is 3.48. The third kappa shape index (κ3) is 3.23. The number of amides is 1. The quantitative estimate of drug-likeness (QED) is 0.857. The molecule has 4 heteroatoms. The van der Waals surface area contributed by atoms with Crippen LogP contribution in [-0.4, -0.2) is 34.3 Å². The van der Waals surface area contributed by atoms with Crippen molar-refractivity contribution in [1.82, 2.24) is 4.90 Å². The van der Waals surface area contributed by atoms with Gasteiger partial charge in [0.25, 0.3) is 5.91 Å². The number of hydrogen-bond donors (Lipinski definition) is 1. The number of aromatic hydroxyl groups is 1. The molecule has 0 spiro atoms. The molecule has 82 valence electrons. The zero-order chi connectivity index (χ0) is 11.4. The van der Waals surface area contributed by atoms with Gasteiger partial charge in [0, 0.05) is 18.4 Å². The van der Waals surface area contributed by atoms with Crippen molar-refractivity contribution in [2.24, 2.45) is 0 Å². The molecular formula is C11H14BrNO2. The summed E-state index contributed by atoms with van der Waals surface area (Å²) in [5.74, 6) is -0.143. The van der Waals surface area contributed by atoms with E-state index in [-0.39, 0.29) is 16.5 Å². The van der Waals surface area contributed by atoms with Gasteiger partial charge in [-0.05, 0) is 12.1 Å².